The second kappa shape index (κ2) is 8.23. The van der Waals surface area contributed by atoms with E-state index in [9.17, 15) is 0 Å². The van der Waals surface area contributed by atoms with Crippen LogP contribution in [0, 0.1) is 6.92 Å². The molecule has 2 rings (SSSR count). The van der Waals surface area contributed by atoms with Crippen molar-refractivity contribution >= 4 is 11.3 Å². The zero-order valence-electron chi connectivity index (χ0n) is 12.6. The Balaban J connectivity index is 1.89. The summed E-state index contributed by atoms with van der Waals surface area (Å²) in [7, 11) is 0. The molecule has 0 saturated heterocycles. The van der Waals surface area contributed by atoms with Gasteiger partial charge in [-0.15, -0.1) is 11.3 Å². The molecule has 2 aromatic rings. The Morgan fingerprint density at radius 3 is 2.80 bits per heavy atom. The van der Waals surface area contributed by atoms with Gasteiger partial charge in [0.05, 0.1) is 0 Å². The molecule has 1 nitrogen and oxygen atoms in total. The van der Waals surface area contributed by atoms with Gasteiger partial charge in [-0.05, 0) is 56.2 Å². The van der Waals surface area contributed by atoms with Crippen LogP contribution >= 0.6 is 11.3 Å². The average molecular weight is 287 g/mol. The molecule has 0 fully saturated rings. The van der Waals surface area contributed by atoms with Crippen molar-refractivity contribution in [3.8, 4) is 0 Å². The minimum absolute atomic E-state index is 0.592. The van der Waals surface area contributed by atoms with E-state index < -0.39 is 0 Å². The maximum absolute atomic E-state index is 3.70. The van der Waals surface area contributed by atoms with Crippen LogP contribution in [0.15, 0.2) is 41.8 Å². The first kappa shape index (κ1) is 15.3. The smallest absolute Gasteiger partial charge is 0.0118 e. The fourth-order valence-electron chi connectivity index (χ4n) is 2.50. The third kappa shape index (κ3) is 5.10. The van der Waals surface area contributed by atoms with E-state index in [0.717, 1.165) is 19.4 Å². The summed E-state index contributed by atoms with van der Waals surface area (Å²) in [5.41, 5.74) is 2.82. The van der Waals surface area contributed by atoms with E-state index in [1.54, 1.807) is 0 Å². The van der Waals surface area contributed by atoms with Crippen molar-refractivity contribution in [3.05, 3.63) is 57.8 Å². The molecule has 0 aliphatic heterocycles. The monoisotopic (exact) mass is 287 g/mol. The SMILES string of the molecule is CCCNC(CCc1cccc(C)c1)Cc1cccs1. The molecule has 0 aliphatic rings. The lowest BCUT2D eigenvalue weighted by atomic mass is 10.0. The van der Waals surface area contributed by atoms with Crippen LogP contribution in [0.5, 0.6) is 0 Å². The van der Waals surface area contributed by atoms with Crippen LogP contribution in [0.3, 0.4) is 0 Å². The van der Waals surface area contributed by atoms with E-state index in [1.807, 2.05) is 11.3 Å². The van der Waals surface area contributed by atoms with Gasteiger partial charge in [-0.1, -0.05) is 42.8 Å². The van der Waals surface area contributed by atoms with Crippen molar-refractivity contribution in [2.24, 2.45) is 0 Å². The minimum atomic E-state index is 0.592. The zero-order chi connectivity index (χ0) is 14.2. The molecule has 0 spiro atoms. The molecular weight excluding hydrogens is 262 g/mol. The first-order valence-electron chi connectivity index (χ1n) is 7.59. The third-order valence-corrected chi connectivity index (χ3v) is 4.47. The van der Waals surface area contributed by atoms with Gasteiger partial charge >= 0.3 is 0 Å². The minimum Gasteiger partial charge on any atom is -0.314 e. The summed E-state index contributed by atoms with van der Waals surface area (Å²) in [6.07, 6.45) is 4.73. The Kier molecular flexibility index (Phi) is 6.28. The lowest BCUT2D eigenvalue weighted by molar-refractivity contribution is 0.480. The fraction of sp³-hybridized carbons (Fsp3) is 0.444. The number of aryl methyl sites for hydroxylation is 2. The molecule has 0 bridgehead atoms. The number of hydrogen-bond acceptors (Lipinski definition) is 2. The van der Waals surface area contributed by atoms with Crippen molar-refractivity contribution in [2.75, 3.05) is 6.54 Å². The summed E-state index contributed by atoms with van der Waals surface area (Å²) in [4.78, 5) is 1.49. The fourth-order valence-corrected chi connectivity index (χ4v) is 3.29. The number of rotatable bonds is 8. The largest absolute Gasteiger partial charge is 0.314 e. The highest BCUT2D eigenvalue weighted by Gasteiger charge is 2.09. The Morgan fingerprint density at radius 2 is 2.10 bits per heavy atom. The Labute approximate surface area is 127 Å². The van der Waals surface area contributed by atoms with Gasteiger partial charge in [-0.3, -0.25) is 0 Å². The predicted molar refractivity (Wildman–Crippen MR) is 89.6 cm³/mol. The number of nitrogens with one attached hydrogen (secondary N) is 1. The highest BCUT2D eigenvalue weighted by molar-refractivity contribution is 7.09. The van der Waals surface area contributed by atoms with Gasteiger partial charge in [-0.2, -0.15) is 0 Å². The highest BCUT2D eigenvalue weighted by atomic mass is 32.1. The van der Waals surface area contributed by atoms with Gasteiger partial charge in [0.1, 0.15) is 0 Å². The topological polar surface area (TPSA) is 12.0 Å². The van der Waals surface area contributed by atoms with Crippen LogP contribution in [0.1, 0.15) is 35.8 Å². The summed E-state index contributed by atoms with van der Waals surface area (Å²) >= 11 is 1.87. The third-order valence-electron chi connectivity index (χ3n) is 3.57. The number of thiophene rings is 1. The van der Waals surface area contributed by atoms with Crippen LogP contribution in [0.2, 0.25) is 0 Å². The lowest BCUT2D eigenvalue weighted by Gasteiger charge is -2.18. The standard InChI is InChI=1S/C18H25NS/c1-3-11-19-17(14-18-8-5-12-20-18)10-9-16-7-4-6-15(2)13-16/h4-8,12-13,17,19H,3,9-11,14H2,1-2H3. The maximum Gasteiger partial charge on any atom is 0.0118 e. The van der Waals surface area contributed by atoms with E-state index in [-0.39, 0.29) is 0 Å². The van der Waals surface area contributed by atoms with Crippen LogP contribution in [0.4, 0.5) is 0 Å². The molecule has 20 heavy (non-hydrogen) atoms. The van der Waals surface area contributed by atoms with Crippen molar-refractivity contribution in [2.45, 2.75) is 45.6 Å². The normalized spacial score (nSPS) is 12.5. The predicted octanol–water partition coefficient (Wildman–Crippen LogP) is 4.60. The molecule has 1 aromatic carbocycles. The molecule has 1 N–H and O–H groups in total. The Morgan fingerprint density at radius 1 is 1.20 bits per heavy atom. The van der Waals surface area contributed by atoms with Crippen molar-refractivity contribution in [1.29, 1.82) is 0 Å². The molecule has 1 atom stereocenters. The average Bonchev–Trinajstić information content (AvgIpc) is 2.95. The molecule has 1 heterocycles. The molecule has 1 unspecified atom stereocenters. The van der Waals surface area contributed by atoms with Crippen molar-refractivity contribution < 1.29 is 0 Å². The van der Waals surface area contributed by atoms with Gasteiger partial charge in [-0.25, -0.2) is 0 Å². The summed E-state index contributed by atoms with van der Waals surface area (Å²) < 4.78 is 0. The van der Waals surface area contributed by atoms with Crippen LogP contribution in [0.25, 0.3) is 0 Å². The molecule has 2 heteroatoms. The van der Waals surface area contributed by atoms with Gasteiger partial charge in [0.15, 0.2) is 0 Å². The van der Waals surface area contributed by atoms with E-state index >= 15 is 0 Å². The lowest BCUT2D eigenvalue weighted by Crippen LogP contribution is -2.32. The Hall–Kier alpha value is -1.12. The molecule has 0 aliphatic carbocycles. The second-order valence-electron chi connectivity index (χ2n) is 5.46. The zero-order valence-corrected chi connectivity index (χ0v) is 13.4. The van der Waals surface area contributed by atoms with Gasteiger partial charge in [0.25, 0.3) is 0 Å². The summed E-state index contributed by atoms with van der Waals surface area (Å²) in [6, 6.07) is 13.9. The second-order valence-corrected chi connectivity index (χ2v) is 6.49. The van der Waals surface area contributed by atoms with Crippen molar-refractivity contribution in [1.82, 2.24) is 5.32 Å². The Bertz CT molecular complexity index is 490. The van der Waals surface area contributed by atoms with Gasteiger partial charge in [0.2, 0.25) is 0 Å². The molecular formula is C18H25NS. The highest BCUT2D eigenvalue weighted by Crippen LogP contribution is 2.15. The van der Waals surface area contributed by atoms with Crippen LogP contribution in [-0.4, -0.2) is 12.6 Å². The van der Waals surface area contributed by atoms with E-state index in [1.165, 1.54) is 28.8 Å². The quantitative estimate of drug-likeness (QED) is 0.748. The molecule has 0 amide bonds. The van der Waals surface area contributed by atoms with Gasteiger partial charge < -0.3 is 5.32 Å². The van der Waals surface area contributed by atoms with Gasteiger partial charge in [0, 0.05) is 10.9 Å². The van der Waals surface area contributed by atoms with E-state index in [0.29, 0.717) is 6.04 Å². The molecule has 0 saturated carbocycles. The summed E-state index contributed by atoms with van der Waals surface area (Å²) in [6.45, 7) is 5.52. The van der Waals surface area contributed by atoms with E-state index in [4.69, 9.17) is 0 Å². The summed E-state index contributed by atoms with van der Waals surface area (Å²) in [5, 5.41) is 5.87. The van der Waals surface area contributed by atoms with Crippen LogP contribution < -0.4 is 5.32 Å². The first-order chi connectivity index (χ1) is 9.78. The van der Waals surface area contributed by atoms with E-state index in [2.05, 4.69) is 60.9 Å². The molecule has 108 valence electrons. The first-order valence-corrected chi connectivity index (χ1v) is 8.47. The molecule has 0 radical (unpaired) electrons. The van der Waals surface area contributed by atoms with Crippen LogP contribution in [-0.2, 0) is 12.8 Å². The summed E-state index contributed by atoms with van der Waals surface area (Å²) in [5.74, 6) is 0. The number of benzene rings is 1. The van der Waals surface area contributed by atoms with Crippen molar-refractivity contribution in [3.63, 3.8) is 0 Å². The number of hydrogen-bond donors (Lipinski definition) is 1. The maximum atomic E-state index is 3.70. The molecule has 1 aromatic heterocycles.